The maximum absolute atomic E-state index is 13.1. The molecule has 178 valence electrons. The smallest absolute Gasteiger partial charge is 0.261 e. The van der Waals surface area contributed by atoms with E-state index in [1.165, 1.54) is 0 Å². The van der Waals surface area contributed by atoms with Crippen LogP contribution in [0.3, 0.4) is 0 Å². The van der Waals surface area contributed by atoms with E-state index in [4.69, 9.17) is 10.3 Å². The number of nitrogen functional groups attached to an aromatic ring is 1. The SMILES string of the molecule is Cc1noc(-c2cc(-c3cc(S(=O)(=O)NC4CCC(CO)CC4)ccc3C)cnc2N)n1.Cl. The van der Waals surface area contributed by atoms with Crippen LogP contribution in [-0.2, 0) is 10.0 Å². The molecule has 0 bridgehead atoms. The first kappa shape index (κ1) is 25.1. The van der Waals surface area contributed by atoms with Crippen LogP contribution in [0, 0.1) is 19.8 Å². The topological polar surface area (TPSA) is 144 Å². The van der Waals surface area contributed by atoms with Gasteiger partial charge in [-0.05, 0) is 74.8 Å². The number of nitrogens with two attached hydrogens (primary N) is 1. The summed E-state index contributed by atoms with van der Waals surface area (Å²) in [6.07, 6.45) is 4.68. The average Bonchev–Trinajstić information content (AvgIpc) is 3.21. The first-order valence-corrected chi connectivity index (χ1v) is 12.1. The average molecular weight is 494 g/mol. The lowest BCUT2D eigenvalue weighted by Crippen LogP contribution is -2.38. The Labute approximate surface area is 199 Å². The number of aliphatic hydroxyl groups excluding tert-OH is 1. The highest BCUT2D eigenvalue weighted by molar-refractivity contribution is 7.89. The fraction of sp³-hybridized carbons (Fsp3) is 0.409. The molecular weight excluding hydrogens is 466 g/mol. The molecule has 0 atom stereocenters. The largest absolute Gasteiger partial charge is 0.396 e. The van der Waals surface area contributed by atoms with Crippen LogP contribution in [0.15, 0.2) is 39.9 Å². The van der Waals surface area contributed by atoms with E-state index in [0.29, 0.717) is 17.0 Å². The van der Waals surface area contributed by atoms with Gasteiger partial charge in [0.15, 0.2) is 5.82 Å². The number of aromatic nitrogens is 3. The Hall–Kier alpha value is -2.53. The number of nitrogens with one attached hydrogen (secondary N) is 1. The third kappa shape index (κ3) is 5.52. The van der Waals surface area contributed by atoms with Crippen molar-refractivity contribution < 1.29 is 18.0 Å². The molecule has 1 aromatic carbocycles. The molecule has 1 aliphatic rings. The van der Waals surface area contributed by atoms with E-state index in [-0.39, 0.29) is 47.6 Å². The van der Waals surface area contributed by atoms with Gasteiger partial charge < -0.3 is 15.4 Å². The molecule has 1 saturated carbocycles. The molecule has 4 rings (SSSR count). The minimum Gasteiger partial charge on any atom is -0.396 e. The van der Waals surface area contributed by atoms with E-state index in [1.54, 1.807) is 37.4 Å². The Kier molecular flexibility index (Phi) is 7.73. The summed E-state index contributed by atoms with van der Waals surface area (Å²) in [4.78, 5) is 8.65. The third-order valence-electron chi connectivity index (χ3n) is 5.93. The zero-order chi connectivity index (χ0) is 22.9. The van der Waals surface area contributed by atoms with Crippen LogP contribution in [0.2, 0.25) is 0 Å². The van der Waals surface area contributed by atoms with Crippen molar-refractivity contribution in [2.24, 2.45) is 5.92 Å². The van der Waals surface area contributed by atoms with E-state index >= 15 is 0 Å². The number of halogens is 1. The fourth-order valence-corrected chi connectivity index (χ4v) is 5.36. The number of benzene rings is 1. The number of rotatable bonds is 6. The minimum absolute atomic E-state index is 0. The number of aryl methyl sites for hydroxylation is 2. The lowest BCUT2D eigenvalue weighted by Gasteiger charge is -2.27. The Bertz CT molecular complexity index is 1220. The van der Waals surface area contributed by atoms with Gasteiger partial charge in [0.2, 0.25) is 10.0 Å². The van der Waals surface area contributed by atoms with Gasteiger partial charge in [-0.15, -0.1) is 12.4 Å². The summed E-state index contributed by atoms with van der Waals surface area (Å²) in [6.45, 7) is 3.77. The molecule has 0 spiro atoms. The third-order valence-corrected chi connectivity index (χ3v) is 7.45. The highest BCUT2D eigenvalue weighted by Crippen LogP contribution is 2.32. The van der Waals surface area contributed by atoms with E-state index in [0.717, 1.165) is 36.8 Å². The van der Waals surface area contributed by atoms with E-state index in [2.05, 4.69) is 19.8 Å². The summed E-state index contributed by atoms with van der Waals surface area (Å²) in [5.41, 5.74) is 8.82. The van der Waals surface area contributed by atoms with Crippen LogP contribution in [0.1, 0.15) is 37.1 Å². The molecular formula is C22H28ClN5O4S. The lowest BCUT2D eigenvalue weighted by atomic mass is 9.87. The fourth-order valence-electron chi connectivity index (χ4n) is 4.03. The van der Waals surface area contributed by atoms with Gasteiger partial charge in [-0.3, -0.25) is 0 Å². The number of nitrogens with zero attached hydrogens (tertiary/aromatic N) is 3. The molecule has 0 unspecified atom stereocenters. The van der Waals surface area contributed by atoms with Crippen LogP contribution in [-0.4, -0.2) is 41.3 Å². The summed E-state index contributed by atoms with van der Waals surface area (Å²) < 4.78 is 34.2. The lowest BCUT2D eigenvalue weighted by molar-refractivity contribution is 0.180. The van der Waals surface area contributed by atoms with E-state index in [1.807, 2.05) is 6.92 Å². The molecule has 3 aromatic rings. The Morgan fingerprint density at radius 1 is 1.15 bits per heavy atom. The van der Waals surface area contributed by atoms with Crippen molar-refractivity contribution in [1.82, 2.24) is 19.8 Å². The summed E-state index contributed by atoms with van der Waals surface area (Å²) >= 11 is 0. The van der Waals surface area contributed by atoms with Crippen molar-refractivity contribution in [3.63, 3.8) is 0 Å². The Morgan fingerprint density at radius 2 is 1.88 bits per heavy atom. The number of anilines is 1. The van der Waals surface area contributed by atoms with E-state index < -0.39 is 10.0 Å². The van der Waals surface area contributed by atoms with Crippen LogP contribution >= 0.6 is 12.4 Å². The van der Waals surface area contributed by atoms with Gasteiger partial charge in [0.1, 0.15) is 5.82 Å². The van der Waals surface area contributed by atoms with Gasteiger partial charge in [-0.1, -0.05) is 11.2 Å². The Balaban J connectivity index is 0.00000306. The van der Waals surface area contributed by atoms with Crippen LogP contribution in [0.5, 0.6) is 0 Å². The molecule has 1 aliphatic carbocycles. The standard InChI is InChI=1S/C22H27N5O4S.ClH/c1-13-3-8-18(32(29,30)27-17-6-4-15(12-28)5-7-17)10-19(13)16-9-20(21(23)24-11-16)22-25-14(2)26-31-22;/h3,8-11,15,17,27-28H,4-7,12H2,1-2H3,(H2,23,24);1H. The van der Waals surface area contributed by atoms with E-state index in [9.17, 15) is 13.5 Å². The monoisotopic (exact) mass is 493 g/mol. The van der Waals surface area contributed by atoms with Gasteiger partial charge in [0, 0.05) is 24.4 Å². The van der Waals surface area contributed by atoms with Gasteiger partial charge in [0.05, 0.1) is 10.5 Å². The molecule has 0 saturated heterocycles. The first-order valence-electron chi connectivity index (χ1n) is 10.6. The van der Waals surface area contributed by atoms with Crippen molar-refractivity contribution >= 4 is 28.2 Å². The number of aliphatic hydroxyl groups is 1. The zero-order valence-electron chi connectivity index (χ0n) is 18.5. The first-order chi connectivity index (χ1) is 15.3. The number of hydrogen-bond acceptors (Lipinski definition) is 8. The predicted octanol–water partition coefficient (Wildman–Crippen LogP) is 3.25. The molecule has 2 aromatic heterocycles. The van der Waals surface area contributed by atoms with Gasteiger partial charge in [-0.2, -0.15) is 4.98 Å². The maximum atomic E-state index is 13.1. The summed E-state index contributed by atoms with van der Waals surface area (Å²) in [7, 11) is -3.70. The molecule has 2 heterocycles. The highest BCUT2D eigenvalue weighted by Gasteiger charge is 2.26. The zero-order valence-corrected chi connectivity index (χ0v) is 20.1. The van der Waals surface area contributed by atoms with Crippen molar-refractivity contribution in [1.29, 1.82) is 0 Å². The molecule has 33 heavy (non-hydrogen) atoms. The van der Waals surface area contributed by atoms with Crippen molar-refractivity contribution in [3.05, 3.63) is 41.9 Å². The number of sulfonamides is 1. The second kappa shape index (κ2) is 10.2. The molecule has 0 aliphatic heterocycles. The summed E-state index contributed by atoms with van der Waals surface area (Å²) in [6, 6.07) is 6.68. The number of hydrogen-bond donors (Lipinski definition) is 3. The highest BCUT2D eigenvalue weighted by atomic mass is 35.5. The number of pyridine rings is 1. The van der Waals surface area contributed by atoms with Crippen LogP contribution < -0.4 is 10.5 Å². The second-order valence-electron chi connectivity index (χ2n) is 8.30. The van der Waals surface area contributed by atoms with Gasteiger partial charge in [0.25, 0.3) is 5.89 Å². The normalized spacial score (nSPS) is 18.6. The molecule has 1 fully saturated rings. The van der Waals surface area contributed by atoms with Crippen LogP contribution in [0.25, 0.3) is 22.6 Å². The predicted molar refractivity (Wildman–Crippen MR) is 127 cm³/mol. The van der Waals surface area contributed by atoms with Crippen molar-refractivity contribution in [2.45, 2.75) is 50.5 Å². The van der Waals surface area contributed by atoms with Crippen molar-refractivity contribution in [3.8, 4) is 22.6 Å². The second-order valence-corrected chi connectivity index (χ2v) is 10.0. The summed E-state index contributed by atoms with van der Waals surface area (Å²) in [5, 5.41) is 13.1. The Morgan fingerprint density at radius 3 is 2.52 bits per heavy atom. The molecule has 0 radical (unpaired) electrons. The van der Waals surface area contributed by atoms with Gasteiger partial charge in [-0.25, -0.2) is 18.1 Å². The van der Waals surface area contributed by atoms with Crippen molar-refractivity contribution in [2.75, 3.05) is 12.3 Å². The van der Waals surface area contributed by atoms with Gasteiger partial charge >= 0.3 is 0 Å². The minimum atomic E-state index is -3.70. The van der Waals surface area contributed by atoms with Crippen LogP contribution in [0.4, 0.5) is 5.82 Å². The molecule has 4 N–H and O–H groups in total. The molecule has 0 amide bonds. The maximum Gasteiger partial charge on any atom is 0.261 e. The molecule has 9 nitrogen and oxygen atoms in total. The summed E-state index contributed by atoms with van der Waals surface area (Å²) in [5.74, 6) is 1.25. The quantitative estimate of drug-likeness (QED) is 0.474. The molecule has 11 heteroatoms.